The van der Waals surface area contributed by atoms with Gasteiger partial charge in [0.05, 0.1) is 17.9 Å². The highest BCUT2D eigenvalue weighted by Gasteiger charge is 2.10. The highest BCUT2D eigenvalue weighted by atomic mass is 16.5. The lowest BCUT2D eigenvalue weighted by Gasteiger charge is -2.06. The molecule has 1 amide bonds. The molecule has 7 heteroatoms. The maximum Gasteiger partial charge on any atom is 0.246 e. The van der Waals surface area contributed by atoms with Crippen molar-refractivity contribution in [3.63, 3.8) is 0 Å². The van der Waals surface area contributed by atoms with E-state index in [1.54, 1.807) is 0 Å². The number of aryl methyl sites for hydroxylation is 3. The molecule has 7 nitrogen and oxygen atoms in total. The lowest BCUT2D eigenvalue weighted by Crippen LogP contribution is -2.23. The van der Waals surface area contributed by atoms with Crippen LogP contribution in [0.25, 0.3) is 17.1 Å². The van der Waals surface area contributed by atoms with Gasteiger partial charge in [-0.05, 0) is 44.0 Å². The summed E-state index contributed by atoms with van der Waals surface area (Å²) >= 11 is 0. The van der Waals surface area contributed by atoms with Crippen LogP contribution in [0.4, 0.5) is 0 Å². The number of nitrogens with one attached hydrogen (secondary N) is 1. The highest BCUT2D eigenvalue weighted by Crippen LogP contribution is 2.15. The molecule has 0 fully saturated rings. The fourth-order valence-electron chi connectivity index (χ4n) is 3.25. The van der Waals surface area contributed by atoms with Crippen LogP contribution in [0.3, 0.4) is 0 Å². The molecule has 1 N–H and O–H groups in total. The average Bonchev–Trinajstić information content (AvgIpc) is 3.38. The molecule has 4 aromatic rings. The fraction of sp³-hybridized carbons (Fsp3) is 0.217. The van der Waals surface area contributed by atoms with Gasteiger partial charge in [-0.2, -0.15) is 10.1 Å². The first-order valence-electron chi connectivity index (χ1n) is 9.86. The van der Waals surface area contributed by atoms with Crippen molar-refractivity contribution in [3.8, 4) is 17.1 Å². The highest BCUT2D eigenvalue weighted by molar-refractivity contribution is 5.76. The summed E-state index contributed by atoms with van der Waals surface area (Å²) in [6.07, 6.45) is 1.04. The molecule has 0 aliphatic rings. The summed E-state index contributed by atoms with van der Waals surface area (Å²) in [5, 5.41) is 11.3. The van der Waals surface area contributed by atoms with Crippen LogP contribution in [-0.4, -0.2) is 25.8 Å². The van der Waals surface area contributed by atoms with Crippen LogP contribution in [-0.2, 0) is 17.8 Å². The predicted octanol–water partition coefficient (Wildman–Crippen LogP) is 3.79. The molecule has 4 rings (SSSR count). The van der Waals surface area contributed by atoms with E-state index in [9.17, 15) is 4.79 Å². The van der Waals surface area contributed by atoms with Gasteiger partial charge in [0.15, 0.2) is 0 Å². The van der Waals surface area contributed by atoms with E-state index in [4.69, 9.17) is 4.52 Å². The number of rotatable bonds is 7. The lowest BCUT2D eigenvalue weighted by atomic mass is 10.1. The Morgan fingerprint density at radius 2 is 1.83 bits per heavy atom. The topological polar surface area (TPSA) is 85.8 Å². The standard InChI is InChI=1S/C23H23N5O2/c1-16-14-17(2)28(26-16)20-11-8-18(9-12-20)10-13-21(29)24-15-22-25-23(27-30-22)19-6-4-3-5-7-19/h3-9,11-12,14H,10,13,15H2,1-2H3,(H,24,29). The number of amides is 1. The van der Waals surface area contributed by atoms with Crippen LogP contribution >= 0.6 is 0 Å². The Kier molecular flexibility index (Phi) is 5.70. The van der Waals surface area contributed by atoms with Gasteiger partial charge in [-0.15, -0.1) is 0 Å². The maximum absolute atomic E-state index is 12.2. The van der Waals surface area contributed by atoms with Crippen molar-refractivity contribution in [2.45, 2.75) is 33.2 Å². The number of carbonyl (C=O) groups excluding carboxylic acids is 1. The van der Waals surface area contributed by atoms with Gasteiger partial charge in [-0.3, -0.25) is 4.79 Å². The zero-order chi connectivity index (χ0) is 20.9. The zero-order valence-electron chi connectivity index (χ0n) is 17.0. The van der Waals surface area contributed by atoms with Gasteiger partial charge in [-0.1, -0.05) is 47.6 Å². The van der Waals surface area contributed by atoms with Gasteiger partial charge in [0.25, 0.3) is 0 Å². The monoisotopic (exact) mass is 401 g/mol. The van der Waals surface area contributed by atoms with E-state index in [1.807, 2.05) is 79.2 Å². The molecule has 152 valence electrons. The Bertz CT molecular complexity index is 1130. The Labute approximate surface area is 174 Å². The van der Waals surface area contributed by atoms with E-state index < -0.39 is 0 Å². The molecule has 0 atom stereocenters. The lowest BCUT2D eigenvalue weighted by molar-refractivity contribution is -0.121. The summed E-state index contributed by atoms with van der Waals surface area (Å²) in [5.41, 5.74) is 5.07. The van der Waals surface area contributed by atoms with Gasteiger partial charge >= 0.3 is 0 Å². The van der Waals surface area contributed by atoms with Crippen molar-refractivity contribution in [2.75, 3.05) is 0 Å². The van der Waals surface area contributed by atoms with Gasteiger partial charge in [-0.25, -0.2) is 4.68 Å². The van der Waals surface area contributed by atoms with Crippen molar-refractivity contribution in [1.82, 2.24) is 25.2 Å². The quantitative estimate of drug-likeness (QED) is 0.509. The summed E-state index contributed by atoms with van der Waals surface area (Å²) < 4.78 is 7.13. The third kappa shape index (κ3) is 4.63. The number of aromatic nitrogens is 4. The van der Waals surface area contributed by atoms with Gasteiger partial charge in [0, 0.05) is 17.7 Å². The third-order valence-corrected chi connectivity index (χ3v) is 4.77. The van der Waals surface area contributed by atoms with Crippen LogP contribution in [0.2, 0.25) is 0 Å². The number of hydrogen-bond acceptors (Lipinski definition) is 5. The molecule has 0 saturated carbocycles. The molecule has 0 bridgehead atoms. The summed E-state index contributed by atoms with van der Waals surface area (Å²) in [6, 6.07) is 19.7. The second kappa shape index (κ2) is 8.73. The number of benzene rings is 2. The number of carbonyl (C=O) groups is 1. The second-order valence-electron chi connectivity index (χ2n) is 7.16. The van der Waals surface area contributed by atoms with E-state index in [1.165, 1.54) is 0 Å². The third-order valence-electron chi connectivity index (χ3n) is 4.77. The Hall–Kier alpha value is -3.74. The van der Waals surface area contributed by atoms with Crippen LogP contribution < -0.4 is 5.32 Å². The Morgan fingerprint density at radius 1 is 1.07 bits per heavy atom. The van der Waals surface area contributed by atoms with Crippen LogP contribution in [0, 0.1) is 13.8 Å². The van der Waals surface area contributed by atoms with Crippen molar-refractivity contribution in [1.29, 1.82) is 0 Å². The minimum Gasteiger partial charge on any atom is -0.347 e. The van der Waals surface area contributed by atoms with E-state index in [0.29, 0.717) is 24.6 Å². The fourth-order valence-corrected chi connectivity index (χ4v) is 3.25. The van der Waals surface area contributed by atoms with Crippen molar-refractivity contribution in [3.05, 3.63) is 83.5 Å². The molecule has 0 unspecified atom stereocenters. The number of nitrogens with zero attached hydrogens (tertiary/aromatic N) is 4. The molecular formula is C23H23N5O2. The molecule has 0 spiro atoms. The van der Waals surface area contributed by atoms with Gasteiger partial charge in [0.2, 0.25) is 17.6 Å². The van der Waals surface area contributed by atoms with Crippen molar-refractivity contribution in [2.24, 2.45) is 0 Å². The summed E-state index contributed by atoms with van der Waals surface area (Å²) in [6.45, 7) is 4.23. The number of hydrogen-bond donors (Lipinski definition) is 1. The Morgan fingerprint density at radius 3 is 2.53 bits per heavy atom. The average molecular weight is 401 g/mol. The zero-order valence-corrected chi connectivity index (χ0v) is 17.0. The van der Waals surface area contributed by atoms with Crippen molar-refractivity contribution >= 4 is 5.91 Å². The summed E-state index contributed by atoms with van der Waals surface area (Å²) in [7, 11) is 0. The predicted molar refractivity (Wildman–Crippen MR) is 113 cm³/mol. The van der Waals surface area contributed by atoms with Crippen LogP contribution in [0.1, 0.15) is 29.3 Å². The smallest absolute Gasteiger partial charge is 0.246 e. The van der Waals surface area contributed by atoms with E-state index in [-0.39, 0.29) is 12.5 Å². The van der Waals surface area contributed by atoms with E-state index in [2.05, 4.69) is 20.6 Å². The maximum atomic E-state index is 12.2. The first-order chi connectivity index (χ1) is 14.6. The second-order valence-corrected chi connectivity index (χ2v) is 7.16. The van der Waals surface area contributed by atoms with Crippen LogP contribution in [0.5, 0.6) is 0 Å². The molecular weight excluding hydrogens is 378 g/mol. The van der Waals surface area contributed by atoms with Crippen molar-refractivity contribution < 1.29 is 9.32 Å². The first kappa shape index (κ1) is 19.6. The normalized spacial score (nSPS) is 10.9. The molecule has 0 aliphatic heterocycles. The van der Waals surface area contributed by atoms with E-state index in [0.717, 1.165) is 28.2 Å². The minimum atomic E-state index is -0.0583. The molecule has 0 saturated heterocycles. The minimum absolute atomic E-state index is 0.0583. The van der Waals surface area contributed by atoms with Gasteiger partial charge < -0.3 is 9.84 Å². The molecule has 0 aliphatic carbocycles. The van der Waals surface area contributed by atoms with Gasteiger partial charge in [0.1, 0.15) is 0 Å². The van der Waals surface area contributed by atoms with E-state index >= 15 is 0 Å². The van der Waals surface area contributed by atoms with Crippen LogP contribution in [0.15, 0.2) is 65.2 Å². The summed E-state index contributed by atoms with van der Waals surface area (Å²) in [4.78, 5) is 16.5. The SMILES string of the molecule is Cc1cc(C)n(-c2ccc(CCC(=O)NCc3nc(-c4ccccc4)no3)cc2)n1. The molecule has 2 aromatic carbocycles. The molecule has 2 aromatic heterocycles. The molecule has 2 heterocycles. The first-order valence-corrected chi connectivity index (χ1v) is 9.86. The largest absolute Gasteiger partial charge is 0.347 e. The molecule has 0 radical (unpaired) electrons. The Balaban J connectivity index is 1.27. The molecule has 30 heavy (non-hydrogen) atoms. The summed E-state index contributed by atoms with van der Waals surface area (Å²) in [5.74, 6) is 0.844.